The molecule has 0 saturated heterocycles. The predicted molar refractivity (Wildman–Crippen MR) is 103 cm³/mol. The number of hydrogen-bond donors (Lipinski definition) is 3. The number of halogens is 2. The van der Waals surface area contributed by atoms with Gasteiger partial charge >= 0.3 is 0 Å². The van der Waals surface area contributed by atoms with Gasteiger partial charge in [0.2, 0.25) is 0 Å². The lowest BCUT2D eigenvalue weighted by Gasteiger charge is -2.17. The van der Waals surface area contributed by atoms with Crippen molar-refractivity contribution >= 4 is 29.9 Å². The molecule has 1 atom stereocenters. The van der Waals surface area contributed by atoms with Gasteiger partial charge in [-0.1, -0.05) is 0 Å². The molecular weight excluding hydrogens is 424 g/mol. The molecule has 132 valence electrons. The Morgan fingerprint density at radius 2 is 2.04 bits per heavy atom. The van der Waals surface area contributed by atoms with Crippen LogP contribution < -0.4 is 15.4 Å². The highest BCUT2D eigenvalue weighted by Gasteiger charge is 2.06. The first kappa shape index (κ1) is 20.2. The van der Waals surface area contributed by atoms with E-state index in [1.807, 2.05) is 19.9 Å². The van der Waals surface area contributed by atoms with Crippen LogP contribution >= 0.6 is 24.0 Å². The fraction of sp³-hybridized carbons (Fsp3) is 0.375. The molecule has 2 rings (SSSR count). The van der Waals surface area contributed by atoms with Gasteiger partial charge in [-0.2, -0.15) is 5.10 Å². The molecule has 2 aromatic rings. The third kappa shape index (κ3) is 7.16. The van der Waals surface area contributed by atoms with Crippen molar-refractivity contribution < 1.29 is 9.13 Å². The average Bonchev–Trinajstić information content (AvgIpc) is 3.06. The second-order valence-electron chi connectivity index (χ2n) is 5.04. The largest absolute Gasteiger partial charge is 0.489 e. The minimum absolute atomic E-state index is 0. The highest BCUT2D eigenvalue weighted by atomic mass is 127. The zero-order valence-corrected chi connectivity index (χ0v) is 16.1. The van der Waals surface area contributed by atoms with Gasteiger partial charge in [0, 0.05) is 12.7 Å². The summed E-state index contributed by atoms with van der Waals surface area (Å²) in [7, 11) is 0. The highest BCUT2D eigenvalue weighted by molar-refractivity contribution is 14.0. The molecule has 0 aliphatic heterocycles. The standard InChI is InChI=1S/C16H22FN5O.HI/c1-3-18-16(20-11-14-8-9-21-22-14)19-10-12(2)23-15-6-4-13(17)5-7-15;/h4-9,12H,3,10-11H2,1-2H3,(H,21,22)(H2,18,19,20);1H. The quantitative estimate of drug-likeness (QED) is 0.347. The molecule has 1 aromatic carbocycles. The fourth-order valence-electron chi connectivity index (χ4n) is 1.91. The lowest BCUT2D eigenvalue weighted by Crippen LogP contribution is -2.41. The van der Waals surface area contributed by atoms with Crippen LogP contribution in [0.2, 0.25) is 0 Å². The topological polar surface area (TPSA) is 74.3 Å². The van der Waals surface area contributed by atoms with Crippen molar-refractivity contribution in [1.82, 2.24) is 20.8 Å². The van der Waals surface area contributed by atoms with Crippen molar-refractivity contribution in [3.8, 4) is 5.75 Å². The van der Waals surface area contributed by atoms with Crippen LogP contribution in [0.1, 0.15) is 19.5 Å². The van der Waals surface area contributed by atoms with E-state index in [1.165, 1.54) is 12.1 Å². The summed E-state index contributed by atoms with van der Waals surface area (Å²) in [6.07, 6.45) is 1.61. The van der Waals surface area contributed by atoms with E-state index < -0.39 is 0 Å². The molecule has 3 N–H and O–H groups in total. The maximum Gasteiger partial charge on any atom is 0.191 e. The summed E-state index contributed by atoms with van der Waals surface area (Å²) >= 11 is 0. The fourth-order valence-corrected chi connectivity index (χ4v) is 1.91. The van der Waals surface area contributed by atoms with Crippen LogP contribution in [0.15, 0.2) is 41.5 Å². The molecule has 0 radical (unpaired) electrons. The van der Waals surface area contributed by atoms with Crippen LogP contribution in [0, 0.1) is 5.82 Å². The zero-order valence-electron chi connectivity index (χ0n) is 13.8. The van der Waals surface area contributed by atoms with Gasteiger partial charge < -0.3 is 15.4 Å². The van der Waals surface area contributed by atoms with Crippen LogP contribution in [0.25, 0.3) is 0 Å². The first-order valence-corrected chi connectivity index (χ1v) is 7.60. The smallest absolute Gasteiger partial charge is 0.191 e. The lowest BCUT2D eigenvalue weighted by molar-refractivity contribution is 0.223. The Hall–Kier alpha value is -1.84. The monoisotopic (exact) mass is 447 g/mol. The van der Waals surface area contributed by atoms with E-state index in [2.05, 4.69) is 25.8 Å². The summed E-state index contributed by atoms with van der Waals surface area (Å²) in [5, 5.41) is 13.2. The maximum atomic E-state index is 12.9. The van der Waals surface area contributed by atoms with E-state index in [0.29, 0.717) is 24.8 Å². The van der Waals surface area contributed by atoms with E-state index >= 15 is 0 Å². The number of nitrogens with one attached hydrogen (secondary N) is 3. The Balaban J connectivity index is 0.00000288. The summed E-state index contributed by atoms with van der Waals surface area (Å²) in [5.74, 6) is 1.07. The number of ether oxygens (including phenoxy) is 1. The van der Waals surface area contributed by atoms with Gasteiger partial charge in [-0.15, -0.1) is 24.0 Å². The highest BCUT2D eigenvalue weighted by Crippen LogP contribution is 2.12. The predicted octanol–water partition coefficient (Wildman–Crippen LogP) is 2.69. The lowest BCUT2D eigenvalue weighted by atomic mass is 10.3. The number of aromatic amines is 1. The van der Waals surface area contributed by atoms with E-state index in [1.54, 1.807) is 18.3 Å². The van der Waals surface area contributed by atoms with Crippen LogP contribution in [-0.4, -0.2) is 35.4 Å². The Morgan fingerprint density at radius 1 is 1.29 bits per heavy atom. The minimum atomic E-state index is -0.275. The number of nitrogens with zero attached hydrogens (tertiary/aromatic N) is 2. The summed E-state index contributed by atoms with van der Waals surface area (Å²) < 4.78 is 18.6. The van der Waals surface area contributed by atoms with Gasteiger partial charge in [-0.3, -0.25) is 5.10 Å². The number of rotatable bonds is 7. The molecular formula is C16H23FIN5O. The SMILES string of the molecule is CCNC(=NCc1ccn[nH]1)NCC(C)Oc1ccc(F)cc1.I. The molecule has 0 aliphatic carbocycles. The van der Waals surface area contributed by atoms with Crippen LogP contribution in [0.4, 0.5) is 4.39 Å². The molecule has 6 nitrogen and oxygen atoms in total. The van der Waals surface area contributed by atoms with Crippen molar-refractivity contribution in [2.75, 3.05) is 13.1 Å². The zero-order chi connectivity index (χ0) is 16.5. The molecule has 0 bridgehead atoms. The number of aromatic nitrogens is 2. The third-order valence-corrected chi connectivity index (χ3v) is 3.02. The molecule has 0 aliphatic rings. The molecule has 0 spiro atoms. The minimum Gasteiger partial charge on any atom is -0.489 e. The average molecular weight is 447 g/mol. The molecule has 24 heavy (non-hydrogen) atoms. The number of aliphatic imine (C=N–C) groups is 1. The van der Waals surface area contributed by atoms with Crippen molar-refractivity contribution in [2.45, 2.75) is 26.5 Å². The first-order chi connectivity index (χ1) is 11.2. The van der Waals surface area contributed by atoms with Gasteiger partial charge in [-0.25, -0.2) is 9.38 Å². The summed E-state index contributed by atoms with van der Waals surface area (Å²) in [5.41, 5.74) is 0.942. The maximum absolute atomic E-state index is 12.9. The molecule has 1 heterocycles. The van der Waals surface area contributed by atoms with Crippen molar-refractivity contribution in [1.29, 1.82) is 0 Å². The number of benzene rings is 1. The van der Waals surface area contributed by atoms with Crippen molar-refractivity contribution in [3.05, 3.63) is 48.0 Å². The van der Waals surface area contributed by atoms with Crippen molar-refractivity contribution in [2.24, 2.45) is 4.99 Å². The summed E-state index contributed by atoms with van der Waals surface area (Å²) in [6.45, 7) is 5.80. The molecule has 8 heteroatoms. The van der Waals surface area contributed by atoms with Gasteiger partial charge in [0.05, 0.1) is 18.8 Å². The first-order valence-electron chi connectivity index (χ1n) is 7.60. The third-order valence-electron chi connectivity index (χ3n) is 3.02. The summed E-state index contributed by atoms with van der Waals surface area (Å²) in [6, 6.07) is 7.87. The Labute approximate surface area is 158 Å². The number of hydrogen-bond acceptors (Lipinski definition) is 3. The van der Waals surface area contributed by atoms with Gasteiger partial charge in [0.1, 0.15) is 17.7 Å². The summed E-state index contributed by atoms with van der Waals surface area (Å²) in [4.78, 5) is 4.46. The molecule has 1 aromatic heterocycles. The number of guanidine groups is 1. The van der Waals surface area contributed by atoms with E-state index in [0.717, 1.165) is 12.2 Å². The van der Waals surface area contributed by atoms with Gasteiger partial charge in [0.25, 0.3) is 0 Å². The van der Waals surface area contributed by atoms with Crippen LogP contribution in [0.3, 0.4) is 0 Å². The Bertz CT molecular complexity index is 603. The van der Waals surface area contributed by atoms with E-state index in [-0.39, 0.29) is 35.9 Å². The van der Waals surface area contributed by atoms with E-state index in [4.69, 9.17) is 4.74 Å². The van der Waals surface area contributed by atoms with Crippen molar-refractivity contribution in [3.63, 3.8) is 0 Å². The molecule has 1 unspecified atom stereocenters. The molecule has 0 fully saturated rings. The van der Waals surface area contributed by atoms with Crippen LogP contribution in [-0.2, 0) is 6.54 Å². The van der Waals surface area contributed by atoms with Gasteiger partial charge in [0.15, 0.2) is 5.96 Å². The Morgan fingerprint density at radius 3 is 2.67 bits per heavy atom. The van der Waals surface area contributed by atoms with Gasteiger partial charge in [-0.05, 0) is 44.2 Å². The van der Waals surface area contributed by atoms with E-state index in [9.17, 15) is 4.39 Å². The second kappa shape index (κ2) is 10.8. The second-order valence-corrected chi connectivity index (χ2v) is 5.04. The molecule has 0 saturated carbocycles. The Kier molecular flexibility index (Phi) is 9.13. The number of H-pyrrole nitrogens is 1. The normalized spacial score (nSPS) is 12.2. The molecule has 0 amide bonds. The van der Waals surface area contributed by atoms with Crippen LogP contribution in [0.5, 0.6) is 5.75 Å².